The lowest BCUT2D eigenvalue weighted by Gasteiger charge is -2.50. The van der Waals surface area contributed by atoms with Gasteiger partial charge in [0.25, 0.3) is 0 Å². The first-order valence-electron chi connectivity index (χ1n) is 15.2. The Morgan fingerprint density at radius 1 is 1.07 bits per heavy atom. The zero-order valence-electron chi connectivity index (χ0n) is 26.1. The van der Waals surface area contributed by atoms with Crippen LogP contribution in [0.25, 0.3) is 10.8 Å². The summed E-state index contributed by atoms with van der Waals surface area (Å²) < 4.78 is 35.3. The topological polar surface area (TPSA) is 144 Å². The molecule has 2 aromatic carbocycles. The van der Waals surface area contributed by atoms with Gasteiger partial charge in [-0.05, 0) is 79.8 Å². The molecule has 3 heterocycles. The van der Waals surface area contributed by atoms with Crippen LogP contribution in [0.1, 0.15) is 70.9 Å². The first-order valence-corrected chi connectivity index (χ1v) is 16.7. The molecule has 2 aliphatic heterocycles. The first-order chi connectivity index (χ1) is 20.7. The third-order valence-corrected chi connectivity index (χ3v) is 11.2. The minimum atomic E-state index is -4.02. The van der Waals surface area contributed by atoms with Crippen molar-refractivity contribution in [2.24, 2.45) is 5.41 Å². The summed E-state index contributed by atoms with van der Waals surface area (Å²) in [5.74, 6) is 0.346. The molecule has 236 valence electrons. The zero-order valence-corrected chi connectivity index (χ0v) is 27.0. The number of rotatable bonds is 8. The average Bonchev–Trinajstić information content (AvgIpc) is 2.99. The number of likely N-dealkylation sites (tertiary alicyclic amines) is 1. The Hall–Kier alpha value is -3.70. The molecule has 11 heteroatoms. The number of carbonyl (C=O) groups excluding carboxylic acids is 2. The van der Waals surface area contributed by atoms with Crippen LogP contribution in [0.15, 0.2) is 53.6 Å². The molecule has 10 nitrogen and oxygen atoms in total. The molecule has 0 bridgehead atoms. The zero-order chi connectivity index (χ0) is 31.9. The second kappa shape index (κ2) is 12.0. The van der Waals surface area contributed by atoms with Crippen LogP contribution in [0.4, 0.5) is 5.82 Å². The van der Waals surface area contributed by atoms with Crippen molar-refractivity contribution in [2.75, 3.05) is 25.4 Å². The number of nitrogens with one attached hydrogen (secondary N) is 2. The van der Waals surface area contributed by atoms with Crippen LogP contribution >= 0.6 is 0 Å². The monoisotopic (exact) mass is 621 g/mol. The molecule has 1 fully saturated rings. The summed E-state index contributed by atoms with van der Waals surface area (Å²) in [6, 6.07) is 11.5. The normalized spacial score (nSPS) is 19.9. The Morgan fingerprint density at radius 2 is 1.80 bits per heavy atom. The SMILES string of the molecule is CC1c2cc(S(=O)(=O)NCC(=O)NC(Cc3ccc4c(N)nccc4c3)C(=O)N3CCCCC3)ccc2OC(C)(C)C1(C)C. The summed E-state index contributed by atoms with van der Waals surface area (Å²) in [6.45, 7) is 11.1. The van der Waals surface area contributed by atoms with Crippen molar-refractivity contribution >= 4 is 38.4 Å². The Kier molecular flexibility index (Phi) is 8.65. The summed E-state index contributed by atoms with van der Waals surface area (Å²) >= 11 is 0. The largest absolute Gasteiger partial charge is 0.487 e. The summed E-state index contributed by atoms with van der Waals surface area (Å²) in [5, 5.41) is 4.50. The number of hydrogen-bond donors (Lipinski definition) is 3. The fourth-order valence-corrected chi connectivity index (χ4v) is 7.10. The maximum Gasteiger partial charge on any atom is 0.245 e. The molecule has 0 spiro atoms. The molecule has 0 radical (unpaired) electrons. The number of aromatic nitrogens is 1. The lowest BCUT2D eigenvalue weighted by atomic mass is 9.64. The molecule has 3 aromatic rings. The van der Waals surface area contributed by atoms with Gasteiger partial charge in [0.2, 0.25) is 21.8 Å². The number of nitrogens with zero attached hydrogens (tertiary/aromatic N) is 2. The van der Waals surface area contributed by atoms with Gasteiger partial charge in [0.05, 0.1) is 11.4 Å². The van der Waals surface area contributed by atoms with E-state index in [4.69, 9.17) is 10.5 Å². The lowest BCUT2D eigenvalue weighted by molar-refractivity contribution is -0.137. The van der Waals surface area contributed by atoms with Crippen LogP contribution in [0.2, 0.25) is 0 Å². The number of ether oxygens (including phenoxy) is 1. The van der Waals surface area contributed by atoms with Crippen LogP contribution < -0.4 is 20.5 Å². The molecule has 1 saturated heterocycles. The minimum absolute atomic E-state index is 0.0315. The number of nitrogen functional groups attached to an aromatic ring is 1. The Bertz CT molecular complexity index is 1680. The Morgan fingerprint density at radius 3 is 2.52 bits per heavy atom. The van der Waals surface area contributed by atoms with Gasteiger partial charge in [-0.2, -0.15) is 0 Å². The molecular formula is C33H43N5O5S. The van der Waals surface area contributed by atoms with Gasteiger partial charge in [-0.25, -0.2) is 18.1 Å². The van der Waals surface area contributed by atoms with E-state index in [0.29, 0.717) is 24.7 Å². The summed E-state index contributed by atoms with van der Waals surface area (Å²) in [6.07, 6.45) is 4.76. The van der Waals surface area contributed by atoms with E-state index in [1.807, 2.05) is 38.1 Å². The van der Waals surface area contributed by atoms with Gasteiger partial charge in [-0.1, -0.05) is 39.0 Å². The molecule has 5 rings (SSSR count). The van der Waals surface area contributed by atoms with Crippen molar-refractivity contribution in [1.82, 2.24) is 19.9 Å². The predicted molar refractivity (Wildman–Crippen MR) is 171 cm³/mol. The molecule has 2 amide bonds. The lowest BCUT2D eigenvalue weighted by Crippen LogP contribution is -2.52. The number of pyridine rings is 1. The van der Waals surface area contributed by atoms with Crippen LogP contribution in [0.3, 0.4) is 0 Å². The quantitative estimate of drug-likeness (QED) is 0.343. The summed E-state index contributed by atoms with van der Waals surface area (Å²) in [7, 11) is -4.02. The van der Waals surface area contributed by atoms with Gasteiger partial charge in [-0.15, -0.1) is 0 Å². The standard InChI is InChI=1S/C33H43N5O5S/c1-21-26-19-24(10-12-28(26)43-33(4,5)32(21,2)3)44(41,42)36-20-29(39)37-27(31(40)38-15-7-6-8-16-38)18-22-9-11-25-23(17-22)13-14-35-30(25)34/h9-14,17,19,21,27,36H,6-8,15-16,18,20H2,1-5H3,(H2,34,35)(H,37,39). The van der Waals surface area contributed by atoms with E-state index >= 15 is 0 Å². The van der Waals surface area contributed by atoms with Crippen LogP contribution in [0, 0.1) is 5.41 Å². The smallest absolute Gasteiger partial charge is 0.245 e. The average molecular weight is 622 g/mol. The Labute approximate surface area is 259 Å². The molecule has 2 aliphatic rings. The van der Waals surface area contributed by atoms with Gasteiger partial charge in [-0.3, -0.25) is 9.59 Å². The molecule has 2 atom stereocenters. The summed E-state index contributed by atoms with van der Waals surface area (Å²) in [5.41, 5.74) is 6.97. The maximum atomic E-state index is 13.6. The number of carbonyl (C=O) groups is 2. The van der Waals surface area contributed by atoms with Gasteiger partial charge in [0.15, 0.2) is 0 Å². The third kappa shape index (κ3) is 6.25. The van der Waals surface area contributed by atoms with Gasteiger partial charge in [0.1, 0.15) is 23.2 Å². The van der Waals surface area contributed by atoms with Crippen molar-refractivity contribution in [3.05, 3.63) is 59.8 Å². The molecule has 1 aromatic heterocycles. The number of amides is 2. The predicted octanol–water partition coefficient (Wildman–Crippen LogP) is 4.14. The van der Waals surface area contributed by atoms with E-state index in [9.17, 15) is 18.0 Å². The second-order valence-electron chi connectivity index (χ2n) is 13.0. The van der Waals surface area contributed by atoms with Crippen molar-refractivity contribution in [2.45, 2.75) is 82.8 Å². The fourth-order valence-electron chi connectivity index (χ4n) is 6.08. The molecule has 2 unspecified atom stereocenters. The minimum Gasteiger partial charge on any atom is -0.487 e. The number of anilines is 1. The molecular weight excluding hydrogens is 578 g/mol. The number of hydrogen-bond acceptors (Lipinski definition) is 7. The van der Waals surface area contributed by atoms with Crippen molar-refractivity contribution in [3.8, 4) is 5.75 Å². The maximum absolute atomic E-state index is 13.6. The van der Waals surface area contributed by atoms with Crippen LogP contribution in [-0.2, 0) is 26.0 Å². The van der Waals surface area contributed by atoms with Gasteiger partial charge in [0, 0.05) is 36.5 Å². The van der Waals surface area contributed by atoms with Crippen molar-refractivity contribution in [1.29, 1.82) is 0 Å². The molecule has 0 aliphatic carbocycles. The number of fused-ring (bicyclic) bond motifs is 2. The number of piperidine rings is 1. The van der Waals surface area contributed by atoms with E-state index in [2.05, 4.69) is 35.8 Å². The highest BCUT2D eigenvalue weighted by Gasteiger charge is 2.48. The highest BCUT2D eigenvalue weighted by Crippen LogP contribution is 2.52. The van der Waals surface area contributed by atoms with Crippen molar-refractivity contribution < 1.29 is 22.7 Å². The van der Waals surface area contributed by atoms with Crippen LogP contribution in [0.5, 0.6) is 5.75 Å². The van der Waals surface area contributed by atoms with E-state index in [-0.39, 0.29) is 28.6 Å². The molecule has 0 saturated carbocycles. The fraction of sp³-hybridized carbons (Fsp3) is 0.485. The highest BCUT2D eigenvalue weighted by atomic mass is 32.2. The van der Waals surface area contributed by atoms with E-state index in [0.717, 1.165) is 41.2 Å². The second-order valence-corrected chi connectivity index (χ2v) is 14.8. The number of nitrogens with two attached hydrogens (primary N) is 1. The summed E-state index contributed by atoms with van der Waals surface area (Å²) in [4.78, 5) is 32.7. The number of sulfonamides is 1. The van der Waals surface area contributed by atoms with Gasteiger partial charge >= 0.3 is 0 Å². The highest BCUT2D eigenvalue weighted by molar-refractivity contribution is 7.89. The van der Waals surface area contributed by atoms with Gasteiger partial charge < -0.3 is 20.7 Å². The molecule has 4 N–H and O–H groups in total. The first kappa shape index (κ1) is 31.7. The van der Waals surface area contributed by atoms with Crippen LogP contribution in [-0.4, -0.2) is 61.4 Å². The third-order valence-electron chi connectivity index (χ3n) is 9.78. The van der Waals surface area contributed by atoms with E-state index in [1.54, 1.807) is 23.2 Å². The number of benzene rings is 2. The van der Waals surface area contributed by atoms with E-state index < -0.39 is 34.1 Å². The molecule has 44 heavy (non-hydrogen) atoms. The Balaban J connectivity index is 1.31. The van der Waals surface area contributed by atoms with E-state index in [1.165, 1.54) is 6.07 Å². The van der Waals surface area contributed by atoms with Crippen molar-refractivity contribution in [3.63, 3.8) is 0 Å².